The maximum absolute atomic E-state index is 6.09. The minimum absolute atomic E-state index is 0.277. The van der Waals surface area contributed by atoms with Crippen molar-refractivity contribution in [1.29, 1.82) is 0 Å². The second-order valence-corrected chi connectivity index (χ2v) is 5.06. The molecule has 106 valence electrons. The molecule has 1 atom stereocenters. The van der Waals surface area contributed by atoms with Crippen molar-refractivity contribution in [2.75, 3.05) is 25.4 Å². The number of rotatable bonds is 5. The van der Waals surface area contributed by atoms with Crippen molar-refractivity contribution >= 4 is 17.1 Å². The lowest BCUT2D eigenvalue weighted by Gasteiger charge is -2.24. The zero-order valence-corrected chi connectivity index (χ0v) is 12.5. The van der Waals surface area contributed by atoms with Crippen molar-refractivity contribution in [3.8, 4) is 0 Å². The molecule has 0 saturated carbocycles. The van der Waals surface area contributed by atoms with E-state index in [1.807, 2.05) is 18.7 Å². The minimum Gasteiger partial charge on any atom is -0.369 e. The minimum atomic E-state index is 0.277. The van der Waals surface area contributed by atoms with Crippen molar-refractivity contribution in [2.24, 2.45) is 7.05 Å². The van der Waals surface area contributed by atoms with Crippen LogP contribution >= 0.6 is 0 Å². The van der Waals surface area contributed by atoms with Gasteiger partial charge in [-0.05, 0) is 26.9 Å². The maximum atomic E-state index is 6.09. The molecular formula is C13H24N6. The highest BCUT2D eigenvalue weighted by Crippen LogP contribution is 2.24. The standard InChI is InChI=1S/C13H24N6/c1-6-18(7-2)8-9(3)19-12-11(15-13(19)14)10(4)16-17(12)5/h9H,6-8H2,1-5H3,(H2,14,15). The molecule has 2 heterocycles. The van der Waals surface area contributed by atoms with Crippen LogP contribution in [-0.4, -0.2) is 43.9 Å². The molecule has 6 nitrogen and oxygen atoms in total. The first kappa shape index (κ1) is 13.9. The van der Waals surface area contributed by atoms with E-state index in [4.69, 9.17) is 5.73 Å². The molecule has 0 radical (unpaired) electrons. The van der Waals surface area contributed by atoms with E-state index in [1.165, 1.54) is 0 Å². The van der Waals surface area contributed by atoms with Gasteiger partial charge in [-0.25, -0.2) is 4.98 Å². The van der Waals surface area contributed by atoms with E-state index in [2.05, 4.69) is 40.3 Å². The number of imidazole rings is 1. The van der Waals surface area contributed by atoms with E-state index >= 15 is 0 Å². The van der Waals surface area contributed by atoms with Crippen molar-refractivity contribution in [2.45, 2.75) is 33.7 Å². The summed E-state index contributed by atoms with van der Waals surface area (Å²) in [6.45, 7) is 11.6. The molecule has 0 aliphatic heterocycles. The van der Waals surface area contributed by atoms with Gasteiger partial charge in [-0.15, -0.1) is 0 Å². The highest BCUT2D eigenvalue weighted by atomic mass is 15.4. The Balaban J connectivity index is 2.41. The Morgan fingerprint density at radius 3 is 2.53 bits per heavy atom. The summed E-state index contributed by atoms with van der Waals surface area (Å²) in [5.74, 6) is 0.575. The van der Waals surface area contributed by atoms with E-state index in [9.17, 15) is 0 Å². The summed E-state index contributed by atoms with van der Waals surface area (Å²) in [7, 11) is 1.94. The number of nitrogens with two attached hydrogens (primary N) is 1. The normalized spacial score (nSPS) is 13.6. The Morgan fingerprint density at radius 2 is 1.95 bits per heavy atom. The average molecular weight is 264 g/mol. The van der Waals surface area contributed by atoms with Crippen LogP contribution in [0.3, 0.4) is 0 Å². The lowest BCUT2D eigenvalue weighted by Crippen LogP contribution is -2.30. The summed E-state index contributed by atoms with van der Waals surface area (Å²) in [6.07, 6.45) is 0. The van der Waals surface area contributed by atoms with Crippen LogP contribution in [0.2, 0.25) is 0 Å². The Labute approximate surface area is 114 Å². The molecule has 19 heavy (non-hydrogen) atoms. The van der Waals surface area contributed by atoms with Gasteiger partial charge in [-0.3, -0.25) is 9.25 Å². The van der Waals surface area contributed by atoms with Crippen LogP contribution in [0.5, 0.6) is 0 Å². The molecule has 0 spiro atoms. The zero-order chi connectivity index (χ0) is 14.2. The number of nitrogen functional groups attached to an aromatic ring is 1. The molecule has 2 rings (SSSR count). The Morgan fingerprint density at radius 1 is 1.32 bits per heavy atom. The summed E-state index contributed by atoms with van der Waals surface area (Å²) in [5, 5.41) is 4.42. The van der Waals surface area contributed by atoms with Crippen LogP contribution in [-0.2, 0) is 7.05 Å². The first-order valence-corrected chi connectivity index (χ1v) is 6.88. The highest BCUT2D eigenvalue weighted by Gasteiger charge is 2.20. The van der Waals surface area contributed by atoms with Gasteiger partial charge in [0, 0.05) is 19.6 Å². The number of aryl methyl sites for hydroxylation is 2. The molecular weight excluding hydrogens is 240 g/mol. The van der Waals surface area contributed by atoms with Crippen LogP contribution in [0.15, 0.2) is 0 Å². The average Bonchev–Trinajstić information content (AvgIpc) is 2.84. The predicted octanol–water partition coefficient (Wildman–Crippen LogP) is 1.56. The van der Waals surface area contributed by atoms with Gasteiger partial charge in [0.15, 0.2) is 5.65 Å². The fourth-order valence-corrected chi connectivity index (χ4v) is 2.68. The number of anilines is 1. The Kier molecular flexibility index (Phi) is 3.80. The van der Waals surface area contributed by atoms with E-state index in [0.29, 0.717) is 5.95 Å². The number of nitrogens with zero attached hydrogens (tertiary/aromatic N) is 5. The topological polar surface area (TPSA) is 64.9 Å². The summed E-state index contributed by atoms with van der Waals surface area (Å²) in [5.41, 5.74) is 8.93. The van der Waals surface area contributed by atoms with Crippen molar-refractivity contribution in [3.63, 3.8) is 0 Å². The van der Waals surface area contributed by atoms with Gasteiger partial charge >= 0.3 is 0 Å². The van der Waals surface area contributed by atoms with Gasteiger partial charge in [-0.2, -0.15) is 5.10 Å². The molecule has 0 bridgehead atoms. The first-order valence-electron chi connectivity index (χ1n) is 6.88. The molecule has 6 heteroatoms. The smallest absolute Gasteiger partial charge is 0.202 e. The van der Waals surface area contributed by atoms with Crippen LogP contribution in [0.4, 0.5) is 5.95 Å². The second kappa shape index (κ2) is 5.21. The molecule has 0 amide bonds. The second-order valence-electron chi connectivity index (χ2n) is 5.06. The highest BCUT2D eigenvalue weighted by molar-refractivity contribution is 5.77. The number of hydrogen-bond donors (Lipinski definition) is 1. The molecule has 2 N–H and O–H groups in total. The molecule has 0 aliphatic rings. The summed E-state index contributed by atoms with van der Waals surface area (Å²) in [4.78, 5) is 6.84. The maximum Gasteiger partial charge on any atom is 0.202 e. The number of likely N-dealkylation sites (N-methyl/N-ethyl adjacent to an activating group) is 1. The molecule has 2 aromatic heterocycles. The van der Waals surface area contributed by atoms with Crippen LogP contribution in [0, 0.1) is 6.92 Å². The van der Waals surface area contributed by atoms with Crippen LogP contribution < -0.4 is 5.73 Å². The van der Waals surface area contributed by atoms with E-state index in [-0.39, 0.29) is 6.04 Å². The fourth-order valence-electron chi connectivity index (χ4n) is 2.68. The number of fused-ring (bicyclic) bond motifs is 1. The van der Waals surface area contributed by atoms with Gasteiger partial charge < -0.3 is 10.6 Å². The third-order valence-electron chi connectivity index (χ3n) is 3.72. The predicted molar refractivity (Wildman–Crippen MR) is 78.1 cm³/mol. The quantitative estimate of drug-likeness (QED) is 0.890. The Bertz CT molecular complexity index is 563. The fraction of sp³-hybridized carbons (Fsp3) is 0.692. The lowest BCUT2D eigenvalue weighted by atomic mass is 10.3. The largest absolute Gasteiger partial charge is 0.369 e. The lowest BCUT2D eigenvalue weighted by molar-refractivity contribution is 0.263. The van der Waals surface area contributed by atoms with E-state index in [1.54, 1.807) is 0 Å². The van der Waals surface area contributed by atoms with E-state index in [0.717, 1.165) is 36.5 Å². The zero-order valence-electron chi connectivity index (χ0n) is 12.5. The molecule has 0 aliphatic carbocycles. The van der Waals surface area contributed by atoms with Gasteiger partial charge in [0.1, 0.15) is 5.52 Å². The van der Waals surface area contributed by atoms with Crippen LogP contribution in [0.1, 0.15) is 32.5 Å². The molecule has 0 saturated heterocycles. The van der Waals surface area contributed by atoms with Gasteiger partial charge in [0.05, 0.1) is 5.69 Å². The van der Waals surface area contributed by atoms with Gasteiger partial charge in [-0.1, -0.05) is 13.8 Å². The van der Waals surface area contributed by atoms with Crippen molar-refractivity contribution in [1.82, 2.24) is 24.2 Å². The summed E-state index contributed by atoms with van der Waals surface area (Å²) in [6, 6.07) is 0.277. The molecule has 0 fully saturated rings. The number of aromatic nitrogens is 4. The van der Waals surface area contributed by atoms with Gasteiger partial charge in [0.2, 0.25) is 5.95 Å². The third kappa shape index (κ3) is 2.32. The summed E-state index contributed by atoms with van der Waals surface area (Å²) < 4.78 is 3.96. The molecule has 2 aromatic rings. The van der Waals surface area contributed by atoms with Crippen molar-refractivity contribution < 1.29 is 0 Å². The van der Waals surface area contributed by atoms with Crippen molar-refractivity contribution in [3.05, 3.63) is 5.69 Å². The molecule has 1 unspecified atom stereocenters. The monoisotopic (exact) mass is 264 g/mol. The van der Waals surface area contributed by atoms with E-state index < -0.39 is 0 Å². The molecule has 0 aromatic carbocycles. The van der Waals surface area contributed by atoms with Gasteiger partial charge in [0.25, 0.3) is 0 Å². The summed E-state index contributed by atoms with van der Waals surface area (Å²) >= 11 is 0. The number of hydrogen-bond acceptors (Lipinski definition) is 4. The SMILES string of the molecule is CCN(CC)CC(C)n1c(N)nc2c(C)nn(C)c21. The third-order valence-corrected chi connectivity index (χ3v) is 3.72. The first-order chi connectivity index (χ1) is 8.99. The van der Waals surface area contributed by atoms with Crippen LogP contribution in [0.25, 0.3) is 11.2 Å². The Hall–Kier alpha value is -1.56.